The summed E-state index contributed by atoms with van der Waals surface area (Å²) < 4.78 is 7.62. The Kier molecular flexibility index (Phi) is 4.39. The molecule has 4 nitrogen and oxygen atoms in total. The third-order valence-electron chi connectivity index (χ3n) is 3.95. The van der Waals surface area contributed by atoms with Gasteiger partial charge in [-0.05, 0) is 31.6 Å². The van der Waals surface area contributed by atoms with E-state index in [1.807, 2.05) is 31.4 Å². The van der Waals surface area contributed by atoms with Crippen LogP contribution in [0.5, 0.6) is 5.75 Å². The number of rotatable bonds is 6. The Bertz CT molecular complexity index is 736. The fourth-order valence-corrected chi connectivity index (χ4v) is 2.86. The predicted octanol–water partition coefficient (Wildman–Crippen LogP) is 3.24. The van der Waals surface area contributed by atoms with Gasteiger partial charge in [0.25, 0.3) is 0 Å². The minimum absolute atomic E-state index is 0.183. The molecule has 0 aliphatic carbocycles. The van der Waals surface area contributed by atoms with Gasteiger partial charge in [-0.1, -0.05) is 42.5 Å². The first-order valence-corrected chi connectivity index (χ1v) is 7.55. The highest BCUT2D eigenvalue weighted by molar-refractivity contribution is 5.84. The molecule has 114 valence electrons. The van der Waals surface area contributed by atoms with E-state index in [0.717, 1.165) is 29.6 Å². The van der Waals surface area contributed by atoms with Crippen LogP contribution >= 0.6 is 0 Å². The lowest BCUT2D eigenvalue weighted by atomic mass is 10.0. The SMILES string of the molecule is CNCCC(c1ccccc1)n1ncc2cccc(OC)c21. The Morgan fingerprint density at radius 1 is 1.14 bits per heavy atom. The molecule has 0 amide bonds. The fourth-order valence-electron chi connectivity index (χ4n) is 2.86. The summed E-state index contributed by atoms with van der Waals surface area (Å²) in [4.78, 5) is 0. The van der Waals surface area contributed by atoms with E-state index in [0.29, 0.717) is 0 Å². The van der Waals surface area contributed by atoms with Crippen LogP contribution in [0.2, 0.25) is 0 Å². The number of aromatic nitrogens is 2. The Labute approximate surface area is 130 Å². The minimum atomic E-state index is 0.183. The second-order valence-electron chi connectivity index (χ2n) is 5.31. The van der Waals surface area contributed by atoms with E-state index in [1.165, 1.54) is 5.56 Å². The summed E-state index contributed by atoms with van der Waals surface area (Å²) in [5, 5.41) is 8.98. The molecule has 0 aliphatic rings. The van der Waals surface area contributed by atoms with Gasteiger partial charge >= 0.3 is 0 Å². The fraction of sp³-hybridized carbons (Fsp3) is 0.278. The van der Waals surface area contributed by atoms with E-state index in [2.05, 4.69) is 45.4 Å². The monoisotopic (exact) mass is 295 g/mol. The molecule has 1 heterocycles. The van der Waals surface area contributed by atoms with Crippen LogP contribution in [0.4, 0.5) is 0 Å². The van der Waals surface area contributed by atoms with E-state index in [1.54, 1.807) is 7.11 Å². The van der Waals surface area contributed by atoms with Gasteiger partial charge in [0.2, 0.25) is 0 Å². The molecular weight excluding hydrogens is 274 g/mol. The zero-order valence-corrected chi connectivity index (χ0v) is 13.0. The highest BCUT2D eigenvalue weighted by Gasteiger charge is 2.18. The highest BCUT2D eigenvalue weighted by Crippen LogP contribution is 2.31. The van der Waals surface area contributed by atoms with Crippen LogP contribution in [0.25, 0.3) is 10.9 Å². The minimum Gasteiger partial charge on any atom is -0.494 e. The maximum atomic E-state index is 5.54. The van der Waals surface area contributed by atoms with Crippen LogP contribution in [0, 0.1) is 0 Å². The lowest BCUT2D eigenvalue weighted by molar-refractivity contribution is 0.412. The molecule has 0 radical (unpaired) electrons. The van der Waals surface area contributed by atoms with Crippen molar-refractivity contribution in [3.8, 4) is 5.75 Å². The number of methoxy groups -OCH3 is 1. The van der Waals surface area contributed by atoms with Gasteiger partial charge in [0, 0.05) is 5.39 Å². The molecule has 1 atom stereocenters. The van der Waals surface area contributed by atoms with Crippen LogP contribution < -0.4 is 10.1 Å². The number of nitrogens with one attached hydrogen (secondary N) is 1. The van der Waals surface area contributed by atoms with Crippen LogP contribution in [0.3, 0.4) is 0 Å². The van der Waals surface area contributed by atoms with Crippen molar-refractivity contribution in [1.82, 2.24) is 15.1 Å². The Hall–Kier alpha value is -2.33. The molecule has 0 fully saturated rings. The van der Waals surface area contributed by atoms with Gasteiger partial charge in [-0.25, -0.2) is 0 Å². The molecule has 0 aliphatic heterocycles. The highest BCUT2D eigenvalue weighted by atomic mass is 16.5. The maximum Gasteiger partial charge on any atom is 0.144 e. The first-order valence-electron chi connectivity index (χ1n) is 7.55. The van der Waals surface area contributed by atoms with Crippen LogP contribution in [0.1, 0.15) is 18.0 Å². The van der Waals surface area contributed by atoms with E-state index in [-0.39, 0.29) is 6.04 Å². The largest absolute Gasteiger partial charge is 0.494 e. The number of benzene rings is 2. The molecule has 0 saturated heterocycles. The van der Waals surface area contributed by atoms with E-state index >= 15 is 0 Å². The van der Waals surface area contributed by atoms with Crippen molar-refractivity contribution in [2.45, 2.75) is 12.5 Å². The zero-order chi connectivity index (χ0) is 15.4. The van der Waals surface area contributed by atoms with Crippen molar-refractivity contribution in [3.05, 3.63) is 60.3 Å². The molecular formula is C18H21N3O. The molecule has 4 heteroatoms. The first-order chi connectivity index (χ1) is 10.8. The summed E-state index contributed by atoms with van der Waals surface area (Å²) >= 11 is 0. The summed E-state index contributed by atoms with van der Waals surface area (Å²) in [6.45, 7) is 0.927. The molecule has 3 aromatic rings. The van der Waals surface area contributed by atoms with Crippen LogP contribution in [-0.2, 0) is 0 Å². The Morgan fingerprint density at radius 3 is 2.68 bits per heavy atom. The third-order valence-corrected chi connectivity index (χ3v) is 3.95. The standard InChI is InChI=1S/C18H21N3O/c1-19-12-11-16(14-7-4-3-5-8-14)21-18-15(13-20-21)9-6-10-17(18)22-2/h3-10,13,16,19H,11-12H2,1-2H3. The smallest absolute Gasteiger partial charge is 0.144 e. The molecule has 2 aromatic carbocycles. The van der Waals surface area contributed by atoms with Crippen LogP contribution in [0.15, 0.2) is 54.7 Å². The summed E-state index contributed by atoms with van der Waals surface area (Å²) in [6.07, 6.45) is 2.88. The van der Waals surface area contributed by atoms with Crippen molar-refractivity contribution in [1.29, 1.82) is 0 Å². The van der Waals surface area contributed by atoms with Crippen molar-refractivity contribution in [3.63, 3.8) is 0 Å². The Morgan fingerprint density at radius 2 is 1.95 bits per heavy atom. The van der Waals surface area contributed by atoms with E-state index in [4.69, 9.17) is 4.74 Å². The lowest BCUT2D eigenvalue weighted by Gasteiger charge is -2.20. The van der Waals surface area contributed by atoms with Gasteiger partial charge in [-0.15, -0.1) is 0 Å². The normalized spacial score (nSPS) is 12.5. The zero-order valence-electron chi connectivity index (χ0n) is 13.0. The van der Waals surface area contributed by atoms with Gasteiger partial charge in [0.15, 0.2) is 0 Å². The van der Waals surface area contributed by atoms with Crippen molar-refractivity contribution >= 4 is 10.9 Å². The molecule has 0 saturated carbocycles. The van der Waals surface area contributed by atoms with Gasteiger partial charge in [-0.3, -0.25) is 4.68 Å². The average molecular weight is 295 g/mol. The second-order valence-corrected chi connectivity index (χ2v) is 5.31. The number of hydrogen-bond donors (Lipinski definition) is 1. The summed E-state index contributed by atoms with van der Waals surface area (Å²) in [5.74, 6) is 0.861. The van der Waals surface area contributed by atoms with Crippen molar-refractivity contribution in [2.75, 3.05) is 20.7 Å². The molecule has 1 unspecified atom stereocenters. The van der Waals surface area contributed by atoms with Gasteiger partial charge < -0.3 is 10.1 Å². The summed E-state index contributed by atoms with van der Waals surface area (Å²) in [5.41, 5.74) is 2.31. The van der Waals surface area contributed by atoms with Crippen molar-refractivity contribution < 1.29 is 4.74 Å². The van der Waals surface area contributed by atoms with Crippen LogP contribution in [-0.4, -0.2) is 30.5 Å². The van der Waals surface area contributed by atoms with Crippen molar-refractivity contribution in [2.24, 2.45) is 0 Å². The molecule has 22 heavy (non-hydrogen) atoms. The number of hydrogen-bond acceptors (Lipinski definition) is 3. The molecule has 1 aromatic heterocycles. The topological polar surface area (TPSA) is 39.1 Å². The van der Waals surface area contributed by atoms with E-state index < -0.39 is 0 Å². The first kappa shape index (κ1) is 14.6. The maximum absolute atomic E-state index is 5.54. The molecule has 3 rings (SSSR count). The quantitative estimate of drug-likeness (QED) is 0.759. The van der Waals surface area contributed by atoms with Gasteiger partial charge in [0.1, 0.15) is 11.3 Å². The van der Waals surface area contributed by atoms with Gasteiger partial charge in [-0.2, -0.15) is 5.10 Å². The molecule has 0 bridgehead atoms. The van der Waals surface area contributed by atoms with Gasteiger partial charge in [0.05, 0.1) is 19.3 Å². The lowest BCUT2D eigenvalue weighted by Crippen LogP contribution is -2.18. The number of nitrogens with zero attached hydrogens (tertiary/aromatic N) is 2. The average Bonchev–Trinajstić information content (AvgIpc) is 3.00. The molecule has 0 spiro atoms. The third kappa shape index (κ3) is 2.70. The summed E-state index contributed by atoms with van der Waals surface area (Å²) in [7, 11) is 3.68. The number of ether oxygens (including phenoxy) is 1. The second kappa shape index (κ2) is 6.62. The number of para-hydroxylation sites is 1. The molecule has 1 N–H and O–H groups in total. The summed E-state index contributed by atoms with van der Waals surface area (Å²) in [6, 6.07) is 16.7. The predicted molar refractivity (Wildman–Crippen MR) is 89.4 cm³/mol. The Balaban J connectivity index is 2.12. The van der Waals surface area contributed by atoms with E-state index in [9.17, 15) is 0 Å². The number of fused-ring (bicyclic) bond motifs is 1.